The van der Waals surface area contributed by atoms with Gasteiger partial charge in [-0.1, -0.05) is 92.4 Å². The van der Waals surface area contributed by atoms with Gasteiger partial charge < -0.3 is 9.47 Å². The molecule has 230 valence electrons. The molecule has 1 saturated heterocycles. The lowest BCUT2D eigenvalue weighted by molar-refractivity contribution is -0.123. The highest BCUT2D eigenvalue weighted by atomic mass is 32.2. The van der Waals surface area contributed by atoms with Crippen LogP contribution >= 0.6 is 0 Å². The van der Waals surface area contributed by atoms with E-state index in [-0.39, 0.29) is 19.7 Å². The van der Waals surface area contributed by atoms with Gasteiger partial charge in [0.25, 0.3) is 5.91 Å². The maximum Gasteiger partial charge on any atom is 0.329 e. The second-order valence-electron chi connectivity index (χ2n) is 11.8. The largest absolute Gasteiger partial charge is 0.487 e. The molecule has 0 radical (unpaired) electrons. The number of carbonyl (C=O) groups is 1. The number of rotatable bonds is 13. The van der Waals surface area contributed by atoms with E-state index in [4.69, 9.17) is 9.47 Å². The van der Waals surface area contributed by atoms with Crippen molar-refractivity contribution in [2.75, 3.05) is 17.4 Å². The first kappa shape index (κ1) is 31.2. The fourth-order valence-electron chi connectivity index (χ4n) is 4.71. The first-order valence-electron chi connectivity index (χ1n) is 14.6. The molecule has 2 heterocycles. The average Bonchev–Trinajstić information content (AvgIpc) is 3.54. The third-order valence-corrected chi connectivity index (χ3v) is 10.7. The molecule has 1 amide bonds. The SMILES string of the molecule is C[Si](C)(C)CCN1C(=O)CN(c2ccc(C=Cc3ccnn3COCc3ccccc3)cc2OCc2ccccc2)S1(=O)=O. The third kappa shape index (κ3) is 7.84. The van der Waals surface area contributed by atoms with Crippen molar-refractivity contribution in [1.82, 2.24) is 14.1 Å². The molecule has 0 unspecified atom stereocenters. The number of carbonyl (C=O) groups excluding carboxylic acids is 1. The van der Waals surface area contributed by atoms with Crippen molar-refractivity contribution in [3.8, 4) is 5.75 Å². The van der Waals surface area contributed by atoms with Crippen LogP contribution in [0.2, 0.25) is 25.7 Å². The molecule has 3 aromatic carbocycles. The summed E-state index contributed by atoms with van der Waals surface area (Å²) in [5, 5.41) is 4.38. The molecule has 4 aromatic rings. The first-order chi connectivity index (χ1) is 21.1. The normalized spacial score (nSPS) is 14.9. The van der Waals surface area contributed by atoms with E-state index in [1.54, 1.807) is 23.0 Å². The summed E-state index contributed by atoms with van der Waals surface area (Å²) in [6.07, 6.45) is 5.54. The standard InChI is InChI=1S/C33H38N4O5SSi/c1-44(2,3)21-20-36-33(38)23-37(43(36,39)40)31-17-15-27(22-32(31)42-25-29-12-8-5-9-13-29)14-16-30-18-19-34-35(30)26-41-24-28-10-6-4-7-11-28/h4-19,22H,20-21,23-26H2,1-3H3. The molecule has 0 spiro atoms. The average molecular weight is 631 g/mol. The summed E-state index contributed by atoms with van der Waals surface area (Å²) >= 11 is 0. The zero-order chi connectivity index (χ0) is 31.2. The molecule has 1 aromatic heterocycles. The van der Waals surface area contributed by atoms with Gasteiger partial charge in [-0.05, 0) is 47.0 Å². The predicted molar refractivity (Wildman–Crippen MR) is 176 cm³/mol. The summed E-state index contributed by atoms with van der Waals surface area (Å²) in [4.78, 5) is 12.9. The van der Waals surface area contributed by atoms with Crippen molar-refractivity contribution in [3.05, 3.63) is 114 Å². The minimum absolute atomic E-state index is 0.192. The van der Waals surface area contributed by atoms with E-state index in [9.17, 15) is 13.2 Å². The van der Waals surface area contributed by atoms with Gasteiger partial charge in [0.05, 0.1) is 18.0 Å². The van der Waals surface area contributed by atoms with E-state index >= 15 is 0 Å². The zero-order valence-corrected chi connectivity index (χ0v) is 27.1. The molecule has 0 bridgehead atoms. The van der Waals surface area contributed by atoms with Crippen LogP contribution in [0, 0.1) is 0 Å². The van der Waals surface area contributed by atoms with Crippen LogP contribution in [0.1, 0.15) is 22.4 Å². The van der Waals surface area contributed by atoms with Gasteiger partial charge in [-0.25, -0.2) is 13.3 Å². The van der Waals surface area contributed by atoms with Gasteiger partial charge in [0.2, 0.25) is 0 Å². The second kappa shape index (κ2) is 13.6. The van der Waals surface area contributed by atoms with Crippen LogP contribution in [0.25, 0.3) is 12.2 Å². The Morgan fingerprint density at radius 1 is 0.886 bits per heavy atom. The molecule has 9 nitrogen and oxygen atoms in total. The number of aromatic nitrogens is 2. The van der Waals surface area contributed by atoms with E-state index in [0.717, 1.165) is 31.0 Å². The Labute approximate surface area is 260 Å². The molecule has 1 fully saturated rings. The first-order valence-corrected chi connectivity index (χ1v) is 19.7. The highest BCUT2D eigenvalue weighted by molar-refractivity contribution is 7.91. The van der Waals surface area contributed by atoms with Crippen molar-refractivity contribution < 1.29 is 22.7 Å². The molecular weight excluding hydrogens is 593 g/mol. The molecule has 5 rings (SSSR count). The molecule has 0 N–H and O–H groups in total. The quantitative estimate of drug-likeness (QED) is 0.167. The van der Waals surface area contributed by atoms with Crippen molar-refractivity contribution >= 4 is 42.0 Å². The summed E-state index contributed by atoms with van der Waals surface area (Å²) in [6.45, 7) is 7.42. The third-order valence-electron chi connectivity index (χ3n) is 7.19. The fraction of sp³-hybridized carbons (Fsp3) is 0.273. The van der Waals surface area contributed by atoms with E-state index < -0.39 is 24.2 Å². The van der Waals surface area contributed by atoms with E-state index in [1.165, 1.54) is 0 Å². The molecule has 0 atom stereocenters. The molecule has 0 aliphatic carbocycles. The lowest BCUT2D eigenvalue weighted by Crippen LogP contribution is -2.37. The fourth-order valence-corrected chi connectivity index (χ4v) is 7.31. The van der Waals surface area contributed by atoms with Crippen LogP contribution < -0.4 is 9.04 Å². The minimum atomic E-state index is -4.04. The molecule has 11 heteroatoms. The van der Waals surface area contributed by atoms with Gasteiger partial charge >= 0.3 is 10.2 Å². The van der Waals surface area contributed by atoms with Gasteiger partial charge in [-0.15, -0.1) is 0 Å². The van der Waals surface area contributed by atoms with Crippen LogP contribution in [0.5, 0.6) is 5.75 Å². The summed E-state index contributed by atoms with van der Waals surface area (Å²) in [5.74, 6) is -0.0527. The van der Waals surface area contributed by atoms with Crippen LogP contribution in [-0.4, -0.2) is 49.6 Å². The monoisotopic (exact) mass is 630 g/mol. The summed E-state index contributed by atoms with van der Waals surface area (Å²) in [5.41, 5.74) is 4.01. The van der Waals surface area contributed by atoms with Gasteiger partial charge in [0.1, 0.15) is 25.6 Å². The van der Waals surface area contributed by atoms with E-state index in [0.29, 0.717) is 30.8 Å². The summed E-state index contributed by atoms with van der Waals surface area (Å²) in [7, 11) is -5.61. The maximum atomic E-state index is 13.6. The summed E-state index contributed by atoms with van der Waals surface area (Å²) in [6, 6.07) is 27.5. The minimum Gasteiger partial charge on any atom is -0.487 e. The second-order valence-corrected chi connectivity index (χ2v) is 19.2. The lowest BCUT2D eigenvalue weighted by Gasteiger charge is -2.24. The van der Waals surface area contributed by atoms with Crippen molar-refractivity contribution in [2.24, 2.45) is 0 Å². The maximum absolute atomic E-state index is 13.6. The van der Waals surface area contributed by atoms with E-state index in [1.807, 2.05) is 84.9 Å². The van der Waals surface area contributed by atoms with Gasteiger partial charge in [0.15, 0.2) is 0 Å². The van der Waals surface area contributed by atoms with Crippen molar-refractivity contribution in [3.63, 3.8) is 0 Å². The number of ether oxygens (including phenoxy) is 2. The summed E-state index contributed by atoms with van der Waals surface area (Å²) < 4.78 is 43.2. The molecular formula is C33H38N4O5SSi. The van der Waals surface area contributed by atoms with Crippen molar-refractivity contribution in [1.29, 1.82) is 0 Å². The number of anilines is 1. The highest BCUT2D eigenvalue weighted by Gasteiger charge is 2.43. The van der Waals surface area contributed by atoms with Crippen LogP contribution in [0.15, 0.2) is 91.1 Å². The highest BCUT2D eigenvalue weighted by Crippen LogP contribution is 2.36. The molecule has 1 aliphatic heterocycles. The Morgan fingerprint density at radius 3 is 2.25 bits per heavy atom. The van der Waals surface area contributed by atoms with Crippen LogP contribution in [-0.2, 0) is 39.7 Å². The Bertz CT molecular complexity index is 1700. The number of nitrogens with zero attached hydrogens (tertiary/aromatic N) is 4. The van der Waals surface area contributed by atoms with Crippen molar-refractivity contribution in [2.45, 2.75) is 45.6 Å². The van der Waals surface area contributed by atoms with Gasteiger partial charge in [-0.3, -0.25) is 4.79 Å². The zero-order valence-electron chi connectivity index (χ0n) is 25.3. The Kier molecular flexibility index (Phi) is 9.67. The molecule has 44 heavy (non-hydrogen) atoms. The number of hydrogen-bond acceptors (Lipinski definition) is 6. The van der Waals surface area contributed by atoms with Crippen LogP contribution in [0.3, 0.4) is 0 Å². The molecule has 0 saturated carbocycles. The molecule has 1 aliphatic rings. The Balaban J connectivity index is 1.37. The Hall–Kier alpha value is -4.19. The predicted octanol–water partition coefficient (Wildman–Crippen LogP) is 6.04. The topological polar surface area (TPSA) is 94.0 Å². The smallest absolute Gasteiger partial charge is 0.329 e. The van der Waals surface area contributed by atoms with Crippen LogP contribution in [0.4, 0.5) is 5.69 Å². The number of benzene rings is 3. The van der Waals surface area contributed by atoms with Gasteiger partial charge in [-0.2, -0.15) is 13.5 Å². The lowest BCUT2D eigenvalue weighted by atomic mass is 10.1. The van der Waals surface area contributed by atoms with E-state index in [2.05, 4.69) is 24.7 Å². The number of hydrogen-bond donors (Lipinski definition) is 0. The van der Waals surface area contributed by atoms with Gasteiger partial charge in [0, 0.05) is 20.8 Å². The number of amides is 1. The Morgan fingerprint density at radius 2 is 1.57 bits per heavy atom.